The van der Waals surface area contributed by atoms with Crippen molar-refractivity contribution in [3.8, 4) is 5.82 Å². The van der Waals surface area contributed by atoms with Gasteiger partial charge in [-0.15, -0.1) is 0 Å². The summed E-state index contributed by atoms with van der Waals surface area (Å²) in [5.74, 6) is -3.56. The molecule has 50 heavy (non-hydrogen) atoms. The largest absolute Gasteiger partial charge is 0.459 e. The number of Topliss-reactive ketones (excluding diaryl/α,β-unsaturated/α-hetero) is 1. The number of ketones is 1. The van der Waals surface area contributed by atoms with E-state index in [1.165, 1.54) is 6.92 Å². The summed E-state index contributed by atoms with van der Waals surface area (Å²) in [4.78, 5) is 53.2. The van der Waals surface area contributed by atoms with E-state index in [4.69, 9.17) is 23.9 Å². The quantitative estimate of drug-likeness (QED) is 0.257. The molecule has 2 aromatic rings. The number of aliphatic hydroxyl groups is 1. The maximum absolute atomic E-state index is 13.7. The lowest BCUT2D eigenvalue weighted by Gasteiger charge is -2.44. The van der Waals surface area contributed by atoms with Gasteiger partial charge in [-0.25, -0.2) is 14.7 Å². The predicted octanol–water partition coefficient (Wildman–Crippen LogP) is 4.57. The number of amides is 1. The van der Waals surface area contributed by atoms with Crippen LogP contribution in [0.4, 0.5) is 0 Å². The Morgan fingerprint density at radius 2 is 1.86 bits per heavy atom. The summed E-state index contributed by atoms with van der Waals surface area (Å²) in [5.41, 5.74) is -0.756. The summed E-state index contributed by atoms with van der Waals surface area (Å²) >= 11 is 0. The molecule has 0 spiro atoms. The van der Waals surface area contributed by atoms with Gasteiger partial charge in [0, 0.05) is 43.1 Å². The van der Waals surface area contributed by atoms with Gasteiger partial charge >= 0.3 is 5.97 Å². The summed E-state index contributed by atoms with van der Waals surface area (Å²) < 4.78 is 26.7. The third-order valence-electron chi connectivity index (χ3n) is 10.4. The number of hydrogen-bond donors (Lipinski definition) is 1. The van der Waals surface area contributed by atoms with E-state index in [2.05, 4.69) is 15.1 Å². The average Bonchev–Trinajstić information content (AvgIpc) is 3.62. The van der Waals surface area contributed by atoms with Crippen LogP contribution in [-0.2, 0) is 39.9 Å². The molecular weight excluding hydrogens is 642 g/mol. The van der Waals surface area contributed by atoms with Gasteiger partial charge in [-0.2, -0.15) is 5.10 Å². The lowest BCUT2D eigenvalue weighted by Crippen LogP contribution is -2.57. The zero-order valence-corrected chi connectivity index (χ0v) is 30.8. The summed E-state index contributed by atoms with van der Waals surface area (Å²) in [6, 6.07) is 5.59. The second-order valence-electron chi connectivity index (χ2n) is 14.2. The smallest absolute Gasteiger partial charge is 0.316 e. The van der Waals surface area contributed by atoms with E-state index in [9.17, 15) is 19.5 Å². The number of aliphatic imine (C=N–C) groups is 2. The molecule has 2 bridgehead atoms. The van der Waals surface area contributed by atoms with Gasteiger partial charge in [0.15, 0.2) is 5.82 Å². The molecule has 274 valence electrons. The highest BCUT2D eigenvalue weighted by Gasteiger charge is 2.50. The van der Waals surface area contributed by atoms with Gasteiger partial charge in [0.1, 0.15) is 30.1 Å². The van der Waals surface area contributed by atoms with Gasteiger partial charge in [0.25, 0.3) is 0 Å². The number of aromatic nitrogens is 3. The van der Waals surface area contributed by atoms with Gasteiger partial charge in [-0.05, 0) is 63.1 Å². The van der Waals surface area contributed by atoms with Crippen molar-refractivity contribution in [1.82, 2.24) is 14.8 Å². The number of rotatable bonds is 6. The van der Waals surface area contributed by atoms with E-state index in [0.29, 0.717) is 23.7 Å². The third kappa shape index (κ3) is 8.98. The first kappa shape index (κ1) is 39.1. The summed E-state index contributed by atoms with van der Waals surface area (Å²) in [7, 11) is 0. The van der Waals surface area contributed by atoms with Gasteiger partial charge in [0.2, 0.25) is 5.91 Å². The molecule has 1 N–H and O–H groups in total. The Labute approximate surface area is 294 Å². The Balaban J connectivity index is 1.72. The zero-order chi connectivity index (χ0) is 36.8. The lowest BCUT2D eigenvalue weighted by atomic mass is 9.70. The molecule has 1 amide bonds. The van der Waals surface area contributed by atoms with Crippen LogP contribution >= 0.6 is 0 Å². The first-order valence-electron chi connectivity index (χ1n) is 17.4. The highest BCUT2D eigenvalue weighted by atomic mass is 16.6. The molecule has 0 saturated carbocycles. The molecule has 2 saturated heterocycles. The molecule has 2 fully saturated rings. The number of nitrogens with zero attached hydrogens (tertiary/aromatic N) is 5. The molecule has 2 aliphatic rings. The molecule has 0 unspecified atom stereocenters. The fraction of sp³-hybridized carbons (Fsp3) is 0.649. The number of ether oxygens (including phenoxy) is 4. The molecule has 0 aliphatic carbocycles. The predicted molar refractivity (Wildman–Crippen MR) is 187 cm³/mol. The van der Waals surface area contributed by atoms with Crippen molar-refractivity contribution >= 4 is 29.1 Å². The second-order valence-corrected chi connectivity index (χ2v) is 14.2. The van der Waals surface area contributed by atoms with E-state index in [1.807, 2.05) is 52.1 Å². The molecule has 13 nitrogen and oxygen atoms in total. The number of hydrogen-bond acceptors (Lipinski definition) is 11. The minimum absolute atomic E-state index is 0.000884. The molecule has 0 aromatic carbocycles. The van der Waals surface area contributed by atoms with Gasteiger partial charge in [0.05, 0.1) is 37.2 Å². The minimum atomic E-state index is -1.75. The molecule has 13 heteroatoms. The lowest BCUT2D eigenvalue weighted by molar-refractivity contribution is -0.192. The van der Waals surface area contributed by atoms with Crippen LogP contribution in [0.15, 0.2) is 46.8 Å². The van der Waals surface area contributed by atoms with Crippen LogP contribution in [0.2, 0.25) is 0 Å². The maximum Gasteiger partial charge on any atom is 0.316 e. The number of pyridine rings is 1. The monoisotopic (exact) mass is 695 g/mol. The minimum Gasteiger partial charge on any atom is -0.459 e. The van der Waals surface area contributed by atoms with E-state index in [0.717, 1.165) is 5.56 Å². The van der Waals surface area contributed by atoms with Gasteiger partial charge in [-0.1, -0.05) is 40.7 Å². The average molecular weight is 696 g/mol. The van der Waals surface area contributed by atoms with E-state index >= 15 is 0 Å². The molecular formula is C37H53N5O8. The fourth-order valence-electron chi connectivity index (χ4n) is 7.14. The molecule has 2 aliphatic heterocycles. The van der Waals surface area contributed by atoms with Crippen molar-refractivity contribution in [2.45, 2.75) is 105 Å². The first-order chi connectivity index (χ1) is 23.6. The van der Waals surface area contributed by atoms with Crippen LogP contribution in [0.1, 0.15) is 80.7 Å². The third-order valence-corrected chi connectivity index (χ3v) is 10.4. The summed E-state index contributed by atoms with van der Waals surface area (Å²) in [5, 5.41) is 16.4. The Morgan fingerprint density at radius 3 is 2.48 bits per heavy atom. The SMILES string of the molecule is CC[C@H]1OC(=O)[C@H](C)C(=O)[C@H](C)[C@@H](C)[C@@]2(C)C[C@@H](C)C(=NC(C)=O)[C@H](C)[C@@H](OCC(=NCOCc3ccc(-n4cccn4)nc3)CO2)[C@]1(C)O. The van der Waals surface area contributed by atoms with E-state index in [1.54, 1.807) is 44.8 Å². The molecule has 9 atom stereocenters. The summed E-state index contributed by atoms with van der Waals surface area (Å²) in [6.07, 6.45) is 3.87. The van der Waals surface area contributed by atoms with Crippen LogP contribution in [0.25, 0.3) is 5.82 Å². The molecule has 4 rings (SSSR count). The van der Waals surface area contributed by atoms with Crippen LogP contribution in [0.5, 0.6) is 0 Å². The van der Waals surface area contributed by atoms with Crippen LogP contribution < -0.4 is 0 Å². The Bertz CT molecular complexity index is 1540. The van der Waals surface area contributed by atoms with Crippen LogP contribution in [0.3, 0.4) is 0 Å². The normalized spacial score (nSPS) is 34.9. The topological polar surface area (TPSA) is 164 Å². The van der Waals surface area contributed by atoms with Crippen molar-refractivity contribution in [1.29, 1.82) is 0 Å². The molecule has 0 radical (unpaired) electrons. The van der Waals surface area contributed by atoms with Crippen molar-refractivity contribution in [2.24, 2.45) is 39.6 Å². The highest BCUT2D eigenvalue weighted by Crippen LogP contribution is 2.39. The van der Waals surface area contributed by atoms with Crippen molar-refractivity contribution < 1.29 is 38.4 Å². The van der Waals surface area contributed by atoms with Crippen LogP contribution in [-0.4, -0.2) is 92.3 Å². The number of fused-ring (bicyclic) bond motifs is 5. The Hall–Kier alpha value is -3.65. The number of carbonyl (C=O) groups is 3. The van der Waals surface area contributed by atoms with Crippen molar-refractivity contribution in [2.75, 3.05) is 19.9 Å². The number of cyclic esters (lactones) is 1. The molecule has 4 heterocycles. The standard InChI is InChI=1S/C37H53N5O8/c1-10-30-37(9,46)34-24(4)32(41-27(7)43)22(2)16-36(8,26(6)23(3)33(44)25(5)35(45)50-30)49-20-29(19-48-34)39-21-47-18-28-12-13-31(38-17-28)42-15-11-14-40-42/h11-15,17,22-26,30,34,46H,10,16,18-21H2,1-9H3/t22-,23-,24+,25-,26-,30-,34-,36-,37-/m1/s1. The van der Waals surface area contributed by atoms with Crippen molar-refractivity contribution in [3.63, 3.8) is 0 Å². The molecule has 2 aromatic heterocycles. The van der Waals surface area contributed by atoms with Gasteiger partial charge < -0.3 is 24.1 Å². The fourth-order valence-corrected chi connectivity index (χ4v) is 7.14. The van der Waals surface area contributed by atoms with E-state index < -0.39 is 47.1 Å². The Kier molecular flexibility index (Phi) is 13.0. The van der Waals surface area contributed by atoms with Crippen molar-refractivity contribution in [3.05, 3.63) is 42.4 Å². The maximum atomic E-state index is 13.7. The number of esters is 1. The first-order valence-corrected chi connectivity index (χ1v) is 17.4. The second kappa shape index (κ2) is 16.6. The van der Waals surface area contributed by atoms with E-state index in [-0.39, 0.29) is 56.5 Å². The Morgan fingerprint density at radius 1 is 1.12 bits per heavy atom. The van der Waals surface area contributed by atoms with Crippen LogP contribution in [0, 0.1) is 29.6 Å². The van der Waals surface area contributed by atoms with Gasteiger partial charge in [-0.3, -0.25) is 19.4 Å². The zero-order valence-electron chi connectivity index (χ0n) is 30.8. The number of carbonyl (C=O) groups excluding carboxylic acids is 3. The highest BCUT2D eigenvalue weighted by molar-refractivity contribution is 6.00. The summed E-state index contributed by atoms with van der Waals surface area (Å²) in [6.45, 7) is 16.1.